The average molecular weight is 313 g/mol. The normalized spacial score (nSPS) is 27.1. The number of rotatable bonds is 2. The Hall–Kier alpha value is -2.37. The van der Waals surface area contributed by atoms with Gasteiger partial charge in [0.15, 0.2) is 0 Å². The SMILES string of the molecule is O=C(O)C1CC2CCCCC2N1C(=O)c1cn2ccccc2n1. The summed E-state index contributed by atoms with van der Waals surface area (Å²) in [6.45, 7) is 0. The largest absolute Gasteiger partial charge is 0.480 e. The summed E-state index contributed by atoms with van der Waals surface area (Å²) in [6.07, 6.45) is 8.19. The first kappa shape index (κ1) is 14.2. The zero-order valence-corrected chi connectivity index (χ0v) is 12.8. The molecule has 0 bridgehead atoms. The van der Waals surface area contributed by atoms with Crippen molar-refractivity contribution in [1.82, 2.24) is 14.3 Å². The van der Waals surface area contributed by atoms with Crippen molar-refractivity contribution in [3.05, 3.63) is 36.3 Å². The van der Waals surface area contributed by atoms with Gasteiger partial charge < -0.3 is 14.4 Å². The van der Waals surface area contributed by atoms with E-state index in [4.69, 9.17) is 0 Å². The maximum atomic E-state index is 13.0. The molecule has 1 saturated carbocycles. The summed E-state index contributed by atoms with van der Waals surface area (Å²) in [7, 11) is 0. The molecule has 1 amide bonds. The maximum absolute atomic E-state index is 13.0. The monoisotopic (exact) mass is 313 g/mol. The molecule has 23 heavy (non-hydrogen) atoms. The van der Waals surface area contributed by atoms with Crippen LogP contribution < -0.4 is 0 Å². The first-order chi connectivity index (χ1) is 11.1. The summed E-state index contributed by atoms with van der Waals surface area (Å²) in [4.78, 5) is 30.6. The average Bonchev–Trinajstić information content (AvgIpc) is 3.15. The Morgan fingerprint density at radius 3 is 2.83 bits per heavy atom. The predicted molar refractivity (Wildman–Crippen MR) is 83.1 cm³/mol. The molecule has 6 heteroatoms. The smallest absolute Gasteiger partial charge is 0.326 e. The number of hydrogen-bond donors (Lipinski definition) is 1. The van der Waals surface area contributed by atoms with E-state index in [0.717, 1.165) is 25.7 Å². The van der Waals surface area contributed by atoms with Crippen LogP contribution in [-0.2, 0) is 4.79 Å². The molecule has 2 aliphatic rings. The van der Waals surface area contributed by atoms with Crippen molar-refractivity contribution in [2.45, 2.75) is 44.2 Å². The van der Waals surface area contributed by atoms with Crippen molar-refractivity contribution >= 4 is 17.5 Å². The summed E-state index contributed by atoms with van der Waals surface area (Å²) >= 11 is 0. The van der Waals surface area contributed by atoms with E-state index in [9.17, 15) is 14.7 Å². The maximum Gasteiger partial charge on any atom is 0.326 e. The fourth-order valence-corrected chi connectivity index (χ4v) is 4.14. The van der Waals surface area contributed by atoms with Crippen LogP contribution in [0.1, 0.15) is 42.6 Å². The van der Waals surface area contributed by atoms with Crippen molar-refractivity contribution in [2.75, 3.05) is 0 Å². The summed E-state index contributed by atoms with van der Waals surface area (Å²) in [5, 5.41) is 9.55. The van der Waals surface area contributed by atoms with E-state index in [1.54, 1.807) is 15.5 Å². The summed E-state index contributed by atoms with van der Waals surface area (Å²) in [5.74, 6) is -0.849. The van der Waals surface area contributed by atoms with E-state index in [0.29, 0.717) is 23.7 Å². The number of carbonyl (C=O) groups excluding carboxylic acids is 1. The van der Waals surface area contributed by atoms with Gasteiger partial charge in [0.2, 0.25) is 0 Å². The number of amides is 1. The molecule has 2 fully saturated rings. The second-order valence-corrected chi connectivity index (χ2v) is 6.51. The van der Waals surface area contributed by atoms with E-state index in [-0.39, 0.29) is 11.9 Å². The zero-order valence-electron chi connectivity index (χ0n) is 12.8. The third kappa shape index (κ3) is 2.29. The molecule has 1 aliphatic heterocycles. The quantitative estimate of drug-likeness (QED) is 0.922. The van der Waals surface area contributed by atoms with E-state index < -0.39 is 12.0 Å². The van der Waals surface area contributed by atoms with Gasteiger partial charge in [-0.15, -0.1) is 0 Å². The topological polar surface area (TPSA) is 74.9 Å². The highest BCUT2D eigenvalue weighted by atomic mass is 16.4. The molecule has 0 radical (unpaired) electrons. The molecule has 1 aliphatic carbocycles. The standard InChI is InChI=1S/C17H19N3O3/c21-16(12-10-19-8-4-3-7-15(19)18-12)20-13-6-2-1-5-11(13)9-14(20)17(22)23/h3-4,7-8,10-11,13-14H,1-2,5-6,9H2,(H,22,23). The molecule has 3 atom stereocenters. The van der Waals surface area contributed by atoms with Gasteiger partial charge in [-0.1, -0.05) is 18.9 Å². The van der Waals surface area contributed by atoms with Gasteiger partial charge in [0, 0.05) is 18.4 Å². The van der Waals surface area contributed by atoms with Crippen LogP contribution in [0, 0.1) is 5.92 Å². The van der Waals surface area contributed by atoms with Gasteiger partial charge >= 0.3 is 5.97 Å². The Balaban J connectivity index is 1.70. The second-order valence-electron chi connectivity index (χ2n) is 6.51. The minimum Gasteiger partial charge on any atom is -0.480 e. The van der Waals surface area contributed by atoms with Crippen LogP contribution >= 0.6 is 0 Å². The number of carbonyl (C=O) groups is 2. The molecule has 2 aromatic rings. The molecule has 6 nitrogen and oxygen atoms in total. The number of carboxylic acids is 1. The minimum atomic E-state index is -0.906. The Bertz CT molecular complexity index is 736. The lowest BCUT2D eigenvalue weighted by molar-refractivity contribution is -0.141. The number of likely N-dealkylation sites (tertiary alicyclic amines) is 1. The summed E-state index contributed by atoms with van der Waals surface area (Å²) in [6, 6.07) is 4.89. The lowest BCUT2D eigenvalue weighted by Crippen LogP contribution is -2.46. The predicted octanol–water partition coefficient (Wildman–Crippen LogP) is 2.19. The lowest BCUT2D eigenvalue weighted by atomic mass is 9.84. The fourth-order valence-electron chi connectivity index (χ4n) is 4.14. The number of carboxylic acid groups (broad SMARTS) is 1. The van der Waals surface area contributed by atoms with Crippen molar-refractivity contribution in [3.63, 3.8) is 0 Å². The van der Waals surface area contributed by atoms with Crippen LogP contribution in [0.4, 0.5) is 0 Å². The second kappa shape index (κ2) is 5.37. The Morgan fingerprint density at radius 2 is 2.04 bits per heavy atom. The number of nitrogens with zero attached hydrogens (tertiary/aromatic N) is 3. The molecule has 1 N–H and O–H groups in total. The molecular formula is C17H19N3O3. The number of pyridine rings is 1. The Morgan fingerprint density at radius 1 is 1.22 bits per heavy atom. The molecule has 1 saturated heterocycles. The fraction of sp³-hybridized carbons (Fsp3) is 0.471. The van der Waals surface area contributed by atoms with Gasteiger partial charge in [0.1, 0.15) is 17.4 Å². The summed E-state index contributed by atoms with van der Waals surface area (Å²) < 4.78 is 1.79. The van der Waals surface area contributed by atoms with Crippen molar-refractivity contribution in [3.8, 4) is 0 Å². The first-order valence-electron chi connectivity index (χ1n) is 8.14. The van der Waals surface area contributed by atoms with E-state index >= 15 is 0 Å². The number of hydrogen-bond acceptors (Lipinski definition) is 3. The third-order valence-corrected chi connectivity index (χ3v) is 5.19. The highest BCUT2D eigenvalue weighted by molar-refractivity contribution is 5.96. The van der Waals surface area contributed by atoms with Crippen LogP contribution in [0.5, 0.6) is 0 Å². The van der Waals surface area contributed by atoms with Crippen LogP contribution in [-0.4, -0.2) is 43.4 Å². The summed E-state index contributed by atoms with van der Waals surface area (Å²) in [5.41, 5.74) is 1.02. The van der Waals surface area contributed by atoms with Gasteiger partial charge in [-0.05, 0) is 37.3 Å². The highest BCUT2D eigenvalue weighted by Crippen LogP contribution is 2.40. The Kier molecular flexibility index (Phi) is 3.32. The molecule has 120 valence electrons. The van der Waals surface area contributed by atoms with Gasteiger partial charge in [0.25, 0.3) is 5.91 Å². The van der Waals surface area contributed by atoms with Gasteiger partial charge in [-0.2, -0.15) is 0 Å². The van der Waals surface area contributed by atoms with Crippen LogP contribution in [0.2, 0.25) is 0 Å². The van der Waals surface area contributed by atoms with Crippen molar-refractivity contribution < 1.29 is 14.7 Å². The molecule has 0 aromatic carbocycles. The van der Waals surface area contributed by atoms with Gasteiger partial charge in [-0.3, -0.25) is 4.79 Å². The third-order valence-electron chi connectivity index (χ3n) is 5.19. The highest BCUT2D eigenvalue weighted by Gasteiger charge is 2.48. The van der Waals surface area contributed by atoms with Crippen molar-refractivity contribution in [2.24, 2.45) is 5.92 Å². The lowest BCUT2D eigenvalue weighted by Gasteiger charge is -2.32. The molecule has 4 rings (SSSR count). The molecule has 3 heterocycles. The van der Waals surface area contributed by atoms with Crippen LogP contribution in [0.3, 0.4) is 0 Å². The minimum absolute atomic E-state index is 0.0437. The number of aromatic nitrogens is 2. The Labute approximate surface area is 133 Å². The number of aliphatic carboxylic acids is 1. The molecule has 3 unspecified atom stereocenters. The van der Waals surface area contributed by atoms with Crippen molar-refractivity contribution in [1.29, 1.82) is 0 Å². The number of fused-ring (bicyclic) bond motifs is 2. The van der Waals surface area contributed by atoms with E-state index in [1.165, 1.54) is 0 Å². The van der Waals surface area contributed by atoms with Crippen LogP contribution in [0.25, 0.3) is 5.65 Å². The molecule has 2 aromatic heterocycles. The van der Waals surface area contributed by atoms with E-state index in [2.05, 4.69) is 4.98 Å². The molecular weight excluding hydrogens is 294 g/mol. The van der Waals surface area contributed by atoms with Gasteiger partial charge in [-0.25, -0.2) is 9.78 Å². The molecule has 0 spiro atoms. The zero-order chi connectivity index (χ0) is 16.0. The van der Waals surface area contributed by atoms with Gasteiger partial charge in [0.05, 0.1) is 0 Å². The van der Waals surface area contributed by atoms with E-state index in [1.807, 2.05) is 24.4 Å². The number of imidazole rings is 1. The van der Waals surface area contributed by atoms with Crippen LogP contribution in [0.15, 0.2) is 30.6 Å². The first-order valence-corrected chi connectivity index (χ1v) is 8.14.